The number of nitriles is 1. The van der Waals surface area contributed by atoms with E-state index < -0.39 is 5.60 Å². The van der Waals surface area contributed by atoms with Crippen molar-refractivity contribution in [3.63, 3.8) is 0 Å². The van der Waals surface area contributed by atoms with Crippen LogP contribution in [0.2, 0.25) is 0 Å². The average Bonchev–Trinajstić information content (AvgIpc) is 2.03. The molecule has 0 aliphatic carbocycles. The molecule has 0 amide bonds. The van der Waals surface area contributed by atoms with E-state index in [1.54, 1.807) is 6.92 Å². The highest BCUT2D eigenvalue weighted by atomic mass is 16.5. The Morgan fingerprint density at radius 3 is 2.50 bits per heavy atom. The Morgan fingerprint density at radius 1 is 1.58 bits per heavy atom. The van der Waals surface area contributed by atoms with Crippen LogP contribution in [0.1, 0.15) is 27.2 Å². The smallest absolute Gasteiger partial charge is 0.101 e. The highest BCUT2D eigenvalue weighted by Gasteiger charge is 2.30. The third-order valence-corrected chi connectivity index (χ3v) is 1.91. The molecule has 0 aliphatic heterocycles. The van der Waals surface area contributed by atoms with Crippen LogP contribution < -0.4 is 0 Å². The summed E-state index contributed by atoms with van der Waals surface area (Å²) >= 11 is 0. The molecular weight excluding hydrogens is 154 g/mol. The quantitative estimate of drug-likeness (QED) is 0.678. The van der Waals surface area contributed by atoms with Gasteiger partial charge in [-0.2, -0.15) is 5.26 Å². The van der Waals surface area contributed by atoms with Gasteiger partial charge in [-0.3, -0.25) is 0 Å². The van der Waals surface area contributed by atoms with Gasteiger partial charge in [0.25, 0.3) is 0 Å². The van der Waals surface area contributed by atoms with Crippen molar-refractivity contribution in [2.45, 2.75) is 32.8 Å². The lowest BCUT2D eigenvalue weighted by molar-refractivity contribution is -0.0562. The lowest BCUT2D eigenvalue weighted by Gasteiger charge is -2.26. The number of rotatable bonds is 5. The molecular formula is C9H17NO2. The predicted octanol–water partition coefficient (Wildman–Crippen LogP) is 1.32. The summed E-state index contributed by atoms with van der Waals surface area (Å²) in [5, 5.41) is 18.5. The fraction of sp³-hybridized carbons (Fsp3) is 0.889. The second-order valence-corrected chi connectivity index (χ2v) is 3.08. The standard InChI is InChI=1S/C9H17NO2/c1-4-8(6-10)9(3,11)7-12-5-2/h8,11H,4-5,7H2,1-3H3. The minimum atomic E-state index is -1.01. The van der Waals surface area contributed by atoms with E-state index in [0.29, 0.717) is 13.0 Å². The van der Waals surface area contributed by atoms with Crippen molar-refractivity contribution >= 4 is 0 Å². The number of ether oxygens (including phenoxy) is 1. The summed E-state index contributed by atoms with van der Waals surface area (Å²) in [5.41, 5.74) is -1.01. The van der Waals surface area contributed by atoms with Gasteiger partial charge in [-0.1, -0.05) is 6.92 Å². The van der Waals surface area contributed by atoms with Gasteiger partial charge in [0.05, 0.1) is 18.6 Å². The maximum atomic E-state index is 9.76. The Morgan fingerprint density at radius 2 is 2.17 bits per heavy atom. The van der Waals surface area contributed by atoms with Crippen molar-refractivity contribution in [3.05, 3.63) is 0 Å². The summed E-state index contributed by atoms with van der Waals surface area (Å²) in [4.78, 5) is 0. The maximum absolute atomic E-state index is 9.76. The molecule has 0 spiro atoms. The number of hydrogen-bond acceptors (Lipinski definition) is 3. The van der Waals surface area contributed by atoms with E-state index in [4.69, 9.17) is 10.00 Å². The van der Waals surface area contributed by atoms with Crippen LogP contribution in [-0.2, 0) is 4.74 Å². The van der Waals surface area contributed by atoms with E-state index in [1.807, 2.05) is 13.8 Å². The first-order chi connectivity index (χ1) is 5.58. The van der Waals surface area contributed by atoms with Crippen molar-refractivity contribution in [1.82, 2.24) is 0 Å². The monoisotopic (exact) mass is 171 g/mol. The summed E-state index contributed by atoms with van der Waals surface area (Å²) in [6.07, 6.45) is 0.649. The van der Waals surface area contributed by atoms with Gasteiger partial charge in [0.15, 0.2) is 0 Å². The maximum Gasteiger partial charge on any atom is 0.101 e. The molecule has 70 valence electrons. The molecule has 0 saturated carbocycles. The Balaban J connectivity index is 4.08. The number of aliphatic hydroxyl groups is 1. The predicted molar refractivity (Wildman–Crippen MR) is 46.5 cm³/mol. The normalized spacial score (nSPS) is 17.9. The minimum Gasteiger partial charge on any atom is -0.386 e. The van der Waals surface area contributed by atoms with Gasteiger partial charge >= 0.3 is 0 Å². The van der Waals surface area contributed by atoms with Crippen LogP contribution in [-0.4, -0.2) is 23.9 Å². The molecule has 12 heavy (non-hydrogen) atoms. The van der Waals surface area contributed by atoms with Gasteiger partial charge < -0.3 is 9.84 Å². The first kappa shape index (κ1) is 11.4. The SMILES string of the molecule is CCOCC(C)(O)C(C#N)CC. The Hall–Kier alpha value is -0.590. The molecule has 0 rings (SSSR count). The second kappa shape index (κ2) is 5.13. The molecule has 0 aromatic rings. The van der Waals surface area contributed by atoms with Crippen LogP contribution in [0.25, 0.3) is 0 Å². The van der Waals surface area contributed by atoms with Crippen LogP contribution in [0.5, 0.6) is 0 Å². The highest BCUT2D eigenvalue weighted by molar-refractivity contribution is 4.95. The Labute approximate surface area is 74.0 Å². The molecule has 2 unspecified atom stereocenters. The summed E-state index contributed by atoms with van der Waals surface area (Å²) in [7, 11) is 0. The third-order valence-electron chi connectivity index (χ3n) is 1.91. The van der Waals surface area contributed by atoms with Crippen LogP contribution in [0.3, 0.4) is 0 Å². The summed E-state index contributed by atoms with van der Waals surface area (Å²) < 4.78 is 5.08. The van der Waals surface area contributed by atoms with Gasteiger partial charge in [0.1, 0.15) is 5.60 Å². The van der Waals surface area contributed by atoms with E-state index in [0.717, 1.165) is 0 Å². The second-order valence-electron chi connectivity index (χ2n) is 3.08. The van der Waals surface area contributed by atoms with Crippen molar-refractivity contribution in [2.75, 3.05) is 13.2 Å². The van der Waals surface area contributed by atoms with E-state index in [1.165, 1.54) is 0 Å². The molecule has 0 fully saturated rings. The molecule has 0 saturated heterocycles. The zero-order valence-electron chi connectivity index (χ0n) is 8.00. The van der Waals surface area contributed by atoms with E-state index in [9.17, 15) is 5.11 Å². The fourth-order valence-corrected chi connectivity index (χ4v) is 1.08. The van der Waals surface area contributed by atoms with E-state index in [-0.39, 0.29) is 12.5 Å². The van der Waals surface area contributed by atoms with E-state index in [2.05, 4.69) is 6.07 Å². The lowest BCUT2D eigenvalue weighted by atomic mass is 9.89. The van der Waals surface area contributed by atoms with Gasteiger partial charge in [0, 0.05) is 6.61 Å². The van der Waals surface area contributed by atoms with Crippen molar-refractivity contribution in [2.24, 2.45) is 5.92 Å². The minimum absolute atomic E-state index is 0.232. The first-order valence-electron chi connectivity index (χ1n) is 4.28. The molecule has 3 nitrogen and oxygen atoms in total. The Bertz CT molecular complexity index is 160. The van der Waals surface area contributed by atoms with Crippen molar-refractivity contribution < 1.29 is 9.84 Å². The van der Waals surface area contributed by atoms with Crippen LogP contribution >= 0.6 is 0 Å². The molecule has 0 heterocycles. The topological polar surface area (TPSA) is 53.2 Å². The summed E-state index contributed by atoms with van der Waals surface area (Å²) in [5.74, 6) is -0.343. The fourth-order valence-electron chi connectivity index (χ4n) is 1.08. The third kappa shape index (κ3) is 3.21. The summed E-state index contributed by atoms with van der Waals surface area (Å²) in [6.45, 7) is 6.19. The molecule has 0 aromatic carbocycles. The zero-order valence-corrected chi connectivity index (χ0v) is 8.00. The van der Waals surface area contributed by atoms with Gasteiger partial charge in [-0.25, -0.2) is 0 Å². The molecule has 0 bridgehead atoms. The van der Waals surface area contributed by atoms with Gasteiger partial charge in [-0.05, 0) is 20.3 Å². The first-order valence-corrected chi connectivity index (χ1v) is 4.28. The van der Waals surface area contributed by atoms with Crippen LogP contribution in [0, 0.1) is 17.2 Å². The molecule has 0 aromatic heterocycles. The largest absolute Gasteiger partial charge is 0.386 e. The van der Waals surface area contributed by atoms with Gasteiger partial charge in [0.2, 0.25) is 0 Å². The molecule has 1 N–H and O–H groups in total. The lowest BCUT2D eigenvalue weighted by Crippen LogP contribution is -2.38. The average molecular weight is 171 g/mol. The van der Waals surface area contributed by atoms with Crippen molar-refractivity contribution in [3.8, 4) is 6.07 Å². The zero-order chi connectivity index (χ0) is 9.61. The molecule has 3 heteroatoms. The number of hydrogen-bond donors (Lipinski definition) is 1. The highest BCUT2D eigenvalue weighted by Crippen LogP contribution is 2.19. The van der Waals surface area contributed by atoms with Crippen molar-refractivity contribution in [1.29, 1.82) is 5.26 Å². The summed E-state index contributed by atoms with van der Waals surface area (Å²) in [6, 6.07) is 2.07. The van der Waals surface area contributed by atoms with Crippen LogP contribution in [0.4, 0.5) is 0 Å². The van der Waals surface area contributed by atoms with Gasteiger partial charge in [-0.15, -0.1) is 0 Å². The molecule has 2 atom stereocenters. The Kier molecular flexibility index (Phi) is 4.87. The molecule has 0 radical (unpaired) electrons. The molecule has 0 aliphatic rings. The number of nitrogens with zero attached hydrogens (tertiary/aromatic N) is 1. The van der Waals surface area contributed by atoms with Crippen LogP contribution in [0.15, 0.2) is 0 Å². The van der Waals surface area contributed by atoms with E-state index >= 15 is 0 Å².